The number of nitriles is 1. The average Bonchev–Trinajstić information content (AvgIpc) is 3.17. The summed E-state index contributed by atoms with van der Waals surface area (Å²) in [5, 5.41) is 9.86. The monoisotopic (exact) mass is 506 g/mol. The molecule has 0 bridgehead atoms. The Morgan fingerprint density at radius 2 is 1.48 bits per heavy atom. The Morgan fingerprint density at radius 3 is 2.10 bits per heavy atom. The number of nitrogens with zero attached hydrogens (tertiary/aromatic N) is 2. The average molecular weight is 508 g/mol. The van der Waals surface area contributed by atoms with Crippen LogP contribution in [0.3, 0.4) is 0 Å². The highest BCUT2D eigenvalue weighted by Crippen LogP contribution is 2.50. The van der Waals surface area contributed by atoms with Crippen molar-refractivity contribution in [3.05, 3.63) is 71.5 Å². The van der Waals surface area contributed by atoms with E-state index >= 15 is 0 Å². The van der Waals surface area contributed by atoms with Crippen LogP contribution in [0, 0.1) is 11.3 Å². The van der Waals surface area contributed by atoms with E-state index in [-0.39, 0.29) is 41.8 Å². The van der Waals surface area contributed by atoms with Crippen molar-refractivity contribution >= 4 is 74.6 Å². The van der Waals surface area contributed by atoms with E-state index in [1.54, 1.807) is 0 Å². The summed E-state index contributed by atoms with van der Waals surface area (Å²) in [5.74, 6) is -1.35. The Kier molecular flexibility index (Phi) is 5.04. The maximum Gasteiger partial charge on any atom is 0.268 e. The fourth-order valence-corrected chi connectivity index (χ4v) is 6.46. The standard InChI is InChI=1S/C22H10Cl4N2O2S/c23-16-14-15(17(24)19(26)18(16)25)21(30)28(20(14)29)22-11(8-27)13-10-6-2-1-4-9(10)5-3-7-12(13)31-22/h1-2,4,6H,3,5,7H2. The molecule has 154 valence electrons. The Balaban J connectivity index is 1.75. The van der Waals surface area contributed by atoms with Crippen LogP contribution in [0.25, 0.3) is 11.1 Å². The number of halogens is 4. The van der Waals surface area contributed by atoms with Crippen molar-refractivity contribution in [2.24, 2.45) is 0 Å². The SMILES string of the molecule is N#Cc1c(N2C(=O)c3c(Cl)c(Cl)c(Cl)c(Cl)c3C2=O)sc2c1-c1ccccc1CCC2. The first-order valence-corrected chi connectivity index (χ1v) is 11.6. The van der Waals surface area contributed by atoms with E-state index in [0.717, 1.165) is 45.7 Å². The predicted octanol–water partition coefficient (Wildman–Crippen LogP) is 7.19. The van der Waals surface area contributed by atoms with Gasteiger partial charge in [0.1, 0.15) is 11.1 Å². The van der Waals surface area contributed by atoms with E-state index in [0.29, 0.717) is 0 Å². The number of hydrogen-bond acceptors (Lipinski definition) is 4. The van der Waals surface area contributed by atoms with Gasteiger partial charge in [-0.1, -0.05) is 70.7 Å². The van der Waals surface area contributed by atoms with Crippen molar-refractivity contribution in [2.75, 3.05) is 4.90 Å². The Hall–Kier alpha value is -2.07. The van der Waals surface area contributed by atoms with Crippen molar-refractivity contribution in [3.63, 3.8) is 0 Å². The van der Waals surface area contributed by atoms with Crippen molar-refractivity contribution < 1.29 is 9.59 Å². The zero-order valence-corrected chi connectivity index (χ0v) is 19.4. The van der Waals surface area contributed by atoms with Crippen LogP contribution in [0.5, 0.6) is 0 Å². The number of benzene rings is 2. The van der Waals surface area contributed by atoms with Crippen molar-refractivity contribution in [2.45, 2.75) is 19.3 Å². The van der Waals surface area contributed by atoms with Crippen LogP contribution in [0.4, 0.5) is 5.00 Å². The lowest BCUT2D eigenvalue weighted by Gasteiger charge is -2.13. The third-order valence-electron chi connectivity index (χ3n) is 5.52. The van der Waals surface area contributed by atoms with Gasteiger partial charge in [-0.3, -0.25) is 9.59 Å². The summed E-state index contributed by atoms with van der Waals surface area (Å²) in [7, 11) is 0. The number of imide groups is 1. The van der Waals surface area contributed by atoms with Crippen LogP contribution in [-0.2, 0) is 12.8 Å². The molecule has 0 saturated carbocycles. The van der Waals surface area contributed by atoms with Crippen LogP contribution in [-0.4, -0.2) is 11.8 Å². The number of amides is 2. The molecule has 2 aromatic carbocycles. The normalized spacial score (nSPS) is 14.7. The molecule has 0 spiro atoms. The molecule has 0 fully saturated rings. The van der Waals surface area contributed by atoms with Crippen molar-refractivity contribution in [1.29, 1.82) is 5.26 Å². The highest BCUT2D eigenvalue weighted by Gasteiger charge is 2.44. The first-order valence-electron chi connectivity index (χ1n) is 9.25. The molecule has 2 heterocycles. The topological polar surface area (TPSA) is 61.2 Å². The molecule has 2 amide bonds. The van der Waals surface area contributed by atoms with E-state index in [1.165, 1.54) is 11.3 Å². The fourth-order valence-electron chi connectivity index (χ4n) is 4.14. The number of carbonyl (C=O) groups is 2. The van der Waals surface area contributed by atoms with Gasteiger partial charge < -0.3 is 0 Å². The molecule has 4 nitrogen and oxygen atoms in total. The second-order valence-corrected chi connectivity index (χ2v) is 9.75. The zero-order valence-electron chi connectivity index (χ0n) is 15.6. The summed E-state index contributed by atoms with van der Waals surface area (Å²) in [4.78, 5) is 28.5. The van der Waals surface area contributed by atoms with Gasteiger partial charge in [0.25, 0.3) is 11.8 Å². The molecule has 0 unspecified atom stereocenters. The maximum absolute atomic E-state index is 13.3. The smallest absolute Gasteiger partial charge is 0.268 e. The van der Waals surface area contributed by atoms with E-state index in [1.807, 2.05) is 24.3 Å². The summed E-state index contributed by atoms with van der Waals surface area (Å²) >= 11 is 26.0. The summed E-state index contributed by atoms with van der Waals surface area (Å²) in [6.07, 6.45) is 2.54. The minimum Gasteiger partial charge on any atom is -0.268 e. The lowest BCUT2D eigenvalue weighted by molar-refractivity contribution is 0.0927. The number of anilines is 1. The fraction of sp³-hybridized carbons (Fsp3) is 0.136. The molecular formula is C22H10Cl4N2O2S. The molecule has 1 aromatic heterocycles. The second kappa shape index (κ2) is 7.51. The van der Waals surface area contributed by atoms with Crippen LogP contribution in [0.2, 0.25) is 20.1 Å². The molecule has 3 aromatic rings. The minimum absolute atomic E-state index is 0.0912. The Labute approximate surface area is 201 Å². The largest absolute Gasteiger partial charge is 0.268 e. The highest BCUT2D eigenvalue weighted by molar-refractivity contribution is 7.17. The van der Waals surface area contributed by atoms with Crippen LogP contribution < -0.4 is 4.90 Å². The van der Waals surface area contributed by atoms with Gasteiger partial charge in [-0.05, 0) is 30.4 Å². The third kappa shape index (κ3) is 2.87. The van der Waals surface area contributed by atoms with Gasteiger partial charge in [0.2, 0.25) is 0 Å². The van der Waals surface area contributed by atoms with Gasteiger partial charge in [0, 0.05) is 10.4 Å². The molecule has 0 saturated heterocycles. The molecule has 0 radical (unpaired) electrons. The molecular weight excluding hydrogens is 498 g/mol. The van der Waals surface area contributed by atoms with Crippen molar-refractivity contribution in [3.8, 4) is 17.2 Å². The quantitative estimate of drug-likeness (QED) is 0.199. The minimum atomic E-state index is -0.674. The number of aryl methyl sites for hydroxylation is 2. The summed E-state index contributed by atoms with van der Waals surface area (Å²) in [6.45, 7) is 0. The van der Waals surface area contributed by atoms with Crippen molar-refractivity contribution in [1.82, 2.24) is 0 Å². The Bertz CT molecular complexity index is 1330. The van der Waals surface area contributed by atoms with Gasteiger partial charge in [-0.2, -0.15) is 5.26 Å². The van der Waals surface area contributed by atoms with Gasteiger partial charge >= 0.3 is 0 Å². The molecule has 0 N–H and O–H groups in total. The molecule has 1 aliphatic heterocycles. The number of thiophene rings is 1. The third-order valence-corrected chi connectivity index (χ3v) is 8.55. The van der Waals surface area contributed by atoms with E-state index in [9.17, 15) is 14.9 Å². The summed E-state index contributed by atoms with van der Waals surface area (Å²) in [6, 6.07) is 10.1. The Morgan fingerprint density at radius 1 is 0.871 bits per heavy atom. The molecule has 5 rings (SSSR count). The van der Waals surface area contributed by atoms with E-state index in [4.69, 9.17) is 46.4 Å². The van der Waals surface area contributed by atoms with E-state index < -0.39 is 11.8 Å². The number of fused-ring (bicyclic) bond motifs is 4. The van der Waals surface area contributed by atoms with Gasteiger partial charge in [0.05, 0.1) is 36.8 Å². The number of carbonyl (C=O) groups excluding carboxylic acids is 2. The lowest BCUT2D eigenvalue weighted by atomic mass is 9.97. The maximum atomic E-state index is 13.3. The summed E-state index contributed by atoms with van der Waals surface area (Å²) in [5.41, 5.74) is 2.95. The first kappa shape index (κ1) is 20.8. The van der Waals surface area contributed by atoms with Gasteiger partial charge in [0.15, 0.2) is 0 Å². The lowest BCUT2D eigenvalue weighted by Crippen LogP contribution is -2.29. The van der Waals surface area contributed by atoms with Crippen LogP contribution in [0.1, 0.15) is 43.1 Å². The summed E-state index contributed by atoms with van der Waals surface area (Å²) < 4.78 is 0. The number of hydrogen-bond donors (Lipinski definition) is 0. The zero-order chi connectivity index (χ0) is 22.0. The van der Waals surface area contributed by atoms with Gasteiger partial charge in [-0.15, -0.1) is 11.3 Å². The molecule has 0 atom stereocenters. The molecule has 1 aliphatic carbocycles. The molecule has 2 aliphatic rings. The molecule has 9 heteroatoms. The van der Waals surface area contributed by atoms with Crippen LogP contribution in [0.15, 0.2) is 24.3 Å². The van der Waals surface area contributed by atoms with E-state index in [2.05, 4.69) is 6.07 Å². The highest BCUT2D eigenvalue weighted by atomic mass is 35.5. The van der Waals surface area contributed by atoms with Gasteiger partial charge in [-0.25, -0.2) is 4.90 Å². The molecule has 31 heavy (non-hydrogen) atoms. The number of rotatable bonds is 1. The second-order valence-electron chi connectivity index (χ2n) is 7.15. The van der Waals surface area contributed by atoms with Crippen LogP contribution >= 0.6 is 57.7 Å². The first-order chi connectivity index (χ1) is 14.9. The predicted molar refractivity (Wildman–Crippen MR) is 124 cm³/mol.